The maximum atomic E-state index is 11.5. The molecule has 0 radical (unpaired) electrons. The van der Waals surface area contributed by atoms with E-state index in [1.807, 2.05) is 18.5 Å². The molecule has 144 valence electrons. The highest BCUT2D eigenvalue weighted by Crippen LogP contribution is 2.18. The lowest BCUT2D eigenvalue weighted by Gasteiger charge is -2.35. The maximum absolute atomic E-state index is 11.5. The molecule has 11 heteroatoms. The van der Waals surface area contributed by atoms with Gasteiger partial charge in [0.1, 0.15) is 0 Å². The molecule has 1 aliphatic heterocycles. The van der Waals surface area contributed by atoms with Crippen molar-refractivity contribution in [3.05, 3.63) is 11.6 Å². The van der Waals surface area contributed by atoms with Crippen molar-refractivity contribution in [3.8, 4) is 0 Å². The number of halogens is 1. The minimum atomic E-state index is -3.13. The molecule has 1 saturated heterocycles. The van der Waals surface area contributed by atoms with Crippen LogP contribution in [0.25, 0.3) is 0 Å². The number of hydrogen-bond donors (Lipinski definition) is 1. The van der Waals surface area contributed by atoms with Crippen LogP contribution in [0.4, 0.5) is 5.13 Å². The number of nitrogens with zero attached hydrogens (tertiary/aromatic N) is 5. The molecule has 0 amide bonds. The fourth-order valence-corrected chi connectivity index (χ4v) is 4.22. The van der Waals surface area contributed by atoms with Crippen LogP contribution in [0.2, 0.25) is 0 Å². The molecule has 2 rings (SSSR count). The number of aliphatic imine (C=N–C) groups is 1. The number of aromatic nitrogens is 1. The van der Waals surface area contributed by atoms with Gasteiger partial charge in [-0.25, -0.2) is 17.7 Å². The predicted molar refractivity (Wildman–Crippen MR) is 115 cm³/mol. The van der Waals surface area contributed by atoms with E-state index in [9.17, 15) is 8.42 Å². The molecule has 8 nitrogen and oxygen atoms in total. The summed E-state index contributed by atoms with van der Waals surface area (Å²) < 4.78 is 24.5. The highest BCUT2D eigenvalue weighted by molar-refractivity contribution is 14.0. The summed E-state index contributed by atoms with van der Waals surface area (Å²) in [4.78, 5) is 13.0. The molecule has 1 aliphatic rings. The summed E-state index contributed by atoms with van der Waals surface area (Å²) >= 11 is 1.64. The smallest absolute Gasteiger partial charge is 0.211 e. The standard InChI is InChI=1S/C14H26N6O2S2.HI/c1-3-20(24(2,21)22)7-4-5-16-13(15)18-8-10-19(11-9-18)14-17-6-12-23-14;/h6,12H,3-5,7-11H2,1-2H3,(H2,15,16);1H. The molecule has 1 aromatic rings. The predicted octanol–water partition coefficient (Wildman–Crippen LogP) is 0.869. The number of thiazole rings is 1. The third-order valence-electron chi connectivity index (χ3n) is 3.95. The molecule has 0 aliphatic carbocycles. The molecule has 0 saturated carbocycles. The number of rotatable bonds is 7. The minimum Gasteiger partial charge on any atom is -0.370 e. The Balaban J connectivity index is 0.00000312. The summed E-state index contributed by atoms with van der Waals surface area (Å²) in [7, 11) is -3.13. The van der Waals surface area contributed by atoms with Crippen LogP contribution < -0.4 is 10.6 Å². The Labute approximate surface area is 171 Å². The highest BCUT2D eigenvalue weighted by atomic mass is 127. The average molecular weight is 502 g/mol. The van der Waals surface area contributed by atoms with E-state index in [0.29, 0.717) is 32.0 Å². The largest absolute Gasteiger partial charge is 0.370 e. The van der Waals surface area contributed by atoms with E-state index in [1.165, 1.54) is 10.6 Å². The topological polar surface area (TPSA) is 95.1 Å². The lowest BCUT2D eigenvalue weighted by molar-refractivity contribution is 0.379. The van der Waals surface area contributed by atoms with Crippen LogP contribution in [0.1, 0.15) is 13.3 Å². The van der Waals surface area contributed by atoms with Crippen molar-refractivity contribution in [2.45, 2.75) is 13.3 Å². The fourth-order valence-electron chi connectivity index (χ4n) is 2.60. The summed E-state index contributed by atoms with van der Waals surface area (Å²) in [5.74, 6) is 0.538. The quantitative estimate of drug-likeness (QED) is 0.257. The fraction of sp³-hybridized carbons (Fsp3) is 0.714. The Morgan fingerprint density at radius 2 is 2.08 bits per heavy atom. The van der Waals surface area contributed by atoms with Crippen molar-refractivity contribution >= 4 is 56.4 Å². The SMILES string of the molecule is CCN(CCCN=C(N)N1CCN(c2nccs2)CC1)S(C)(=O)=O.I. The zero-order valence-electron chi connectivity index (χ0n) is 14.7. The van der Waals surface area contributed by atoms with Gasteiger partial charge in [0.15, 0.2) is 11.1 Å². The van der Waals surface area contributed by atoms with Crippen molar-refractivity contribution < 1.29 is 8.42 Å². The van der Waals surface area contributed by atoms with Gasteiger partial charge < -0.3 is 15.5 Å². The zero-order chi connectivity index (χ0) is 17.6. The van der Waals surface area contributed by atoms with Crippen LogP contribution in [-0.2, 0) is 10.0 Å². The first-order valence-corrected chi connectivity index (χ1v) is 10.8. The Morgan fingerprint density at radius 1 is 1.40 bits per heavy atom. The van der Waals surface area contributed by atoms with Gasteiger partial charge in [0, 0.05) is 57.4 Å². The van der Waals surface area contributed by atoms with E-state index in [-0.39, 0.29) is 24.0 Å². The first kappa shape index (κ1) is 22.4. The van der Waals surface area contributed by atoms with Crippen LogP contribution in [0.15, 0.2) is 16.6 Å². The molecule has 0 aromatic carbocycles. The van der Waals surface area contributed by atoms with Gasteiger partial charge in [-0.3, -0.25) is 4.99 Å². The second-order valence-corrected chi connectivity index (χ2v) is 8.49. The minimum absolute atomic E-state index is 0. The molecule has 1 aromatic heterocycles. The monoisotopic (exact) mass is 502 g/mol. The van der Waals surface area contributed by atoms with Crippen molar-refractivity contribution in [2.24, 2.45) is 10.7 Å². The van der Waals surface area contributed by atoms with Gasteiger partial charge in [0.25, 0.3) is 0 Å². The molecule has 25 heavy (non-hydrogen) atoms. The van der Waals surface area contributed by atoms with Gasteiger partial charge in [-0.2, -0.15) is 0 Å². The summed E-state index contributed by atoms with van der Waals surface area (Å²) in [6.45, 7) is 6.72. The van der Waals surface area contributed by atoms with Crippen LogP contribution in [0, 0.1) is 0 Å². The molecule has 0 bridgehead atoms. The van der Waals surface area contributed by atoms with Crippen LogP contribution in [0.3, 0.4) is 0 Å². The van der Waals surface area contributed by atoms with E-state index in [2.05, 4.69) is 19.8 Å². The number of sulfonamides is 1. The Bertz CT molecular complexity index is 630. The second-order valence-electron chi connectivity index (χ2n) is 5.64. The van der Waals surface area contributed by atoms with Crippen molar-refractivity contribution in [2.75, 3.05) is 57.0 Å². The van der Waals surface area contributed by atoms with Crippen molar-refractivity contribution in [3.63, 3.8) is 0 Å². The molecule has 0 spiro atoms. The van der Waals surface area contributed by atoms with E-state index < -0.39 is 10.0 Å². The Kier molecular flexibility index (Phi) is 9.38. The average Bonchev–Trinajstić information content (AvgIpc) is 3.08. The number of anilines is 1. The van der Waals surface area contributed by atoms with E-state index >= 15 is 0 Å². The number of guanidine groups is 1. The third kappa shape index (κ3) is 6.87. The van der Waals surface area contributed by atoms with Gasteiger partial charge in [-0.1, -0.05) is 6.92 Å². The van der Waals surface area contributed by atoms with Crippen LogP contribution in [0.5, 0.6) is 0 Å². The first-order valence-electron chi connectivity index (χ1n) is 8.06. The van der Waals surface area contributed by atoms with E-state index in [1.54, 1.807) is 11.3 Å². The van der Waals surface area contributed by atoms with E-state index in [0.717, 1.165) is 31.3 Å². The Morgan fingerprint density at radius 3 is 2.60 bits per heavy atom. The molecule has 0 unspecified atom stereocenters. The van der Waals surface area contributed by atoms with Crippen molar-refractivity contribution in [1.82, 2.24) is 14.2 Å². The van der Waals surface area contributed by atoms with Crippen molar-refractivity contribution in [1.29, 1.82) is 0 Å². The second kappa shape index (κ2) is 10.5. The molecule has 2 N–H and O–H groups in total. The van der Waals surface area contributed by atoms with Crippen LogP contribution >= 0.6 is 35.3 Å². The van der Waals surface area contributed by atoms with Gasteiger partial charge in [-0.15, -0.1) is 35.3 Å². The van der Waals surface area contributed by atoms with Gasteiger partial charge in [0.05, 0.1) is 6.26 Å². The lowest BCUT2D eigenvalue weighted by Crippen LogP contribution is -2.51. The molecule has 1 fully saturated rings. The molecular formula is C14H27IN6O2S2. The van der Waals surface area contributed by atoms with E-state index in [4.69, 9.17) is 5.73 Å². The normalized spacial score (nSPS) is 16.2. The third-order valence-corrected chi connectivity index (χ3v) is 6.17. The Hall–Kier alpha value is -0.660. The summed E-state index contributed by atoms with van der Waals surface area (Å²) in [6, 6.07) is 0. The summed E-state index contributed by atoms with van der Waals surface area (Å²) in [5.41, 5.74) is 6.06. The van der Waals surface area contributed by atoms with Gasteiger partial charge in [-0.05, 0) is 6.42 Å². The van der Waals surface area contributed by atoms with Crippen LogP contribution in [-0.4, -0.2) is 80.6 Å². The van der Waals surface area contributed by atoms with Gasteiger partial charge >= 0.3 is 0 Å². The highest BCUT2D eigenvalue weighted by Gasteiger charge is 2.19. The molecular weight excluding hydrogens is 475 g/mol. The zero-order valence-corrected chi connectivity index (χ0v) is 18.6. The first-order chi connectivity index (χ1) is 11.4. The maximum Gasteiger partial charge on any atom is 0.211 e. The molecule has 2 heterocycles. The summed E-state index contributed by atoms with van der Waals surface area (Å²) in [5, 5.41) is 3.03. The number of piperazine rings is 1. The molecule has 0 atom stereocenters. The summed E-state index contributed by atoms with van der Waals surface area (Å²) in [6.07, 6.45) is 3.72. The van der Waals surface area contributed by atoms with Gasteiger partial charge in [0.2, 0.25) is 10.0 Å². The number of nitrogens with two attached hydrogens (primary N) is 1. The number of hydrogen-bond acceptors (Lipinski definition) is 6. The lowest BCUT2D eigenvalue weighted by atomic mass is 10.3.